The van der Waals surface area contributed by atoms with Crippen LogP contribution in [0.25, 0.3) is 0 Å². The van der Waals surface area contributed by atoms with Gasteiger partial charge in [0.2, 0.25) is 0 Å². The van der Waals surface area contributed by atoms with Crippen LogP contribution in [0.1, 0.15) is 26.6 Å². The molecule has 1 aromatic carbocycles. The number of nitrogens with zero attached hydrogens (tertiary/aromatic N) is 3. The summed E-state index contributed by atoms with van der Waals surface area (Å²) in [5.41, 5.74) is 0.111. The summed E-state index contributed by atoms with van der Waals surface area (Å²) in [5, 5.41) is 12.3. The Labute approximate surface area is 169 Å². The van der Waals surface area contributed by atoms with E-state index in [9.17, 15) is 9.59 Å². The smallest absolute Gasteiger partial charge is 0.339 e. The number of pyridine rings is 1. The molecule has 2 aromatic heterocycles. The highest BCUT2D eigenvalue weighted by molar-refractivity contribution is 7.09. The minimum Gasteiger partial charge on any atom is -0.486 e. The predicted octanol–water partition coefficient (Wildman–Crippen LogP) is 3.24. The van der Waals surface area contributed by atoms with Crippen molar-refractivity contribution in [3.05, 3.63) is 79.1 Å². The topological polar surface area (TPSA) is 94.2 Å². The summed E-state index contributed by atoms with van der Waals surface area (Å²) >= 11 is 7.23. The van der Waals surface area contributed by atoms with E-state index in [1.54, 1.807) is 35.7 Å². The molecule has 0 saturated heterocycles. The van der Waals surface area contributed by atoms with Crippen LogP contribution in [-0.4, -0.2) is 22.6 Å². The SMILES string of the molecule is COC(=O)c1cc(C#N)c(=O)n(Cc2csc(COc3ccc(Cl)cc3)n2)c1. The molecule has 0 aliphatic carbocycles. The van der Waals surface area contributed by atoms with Gasteiger partial charge >= 0.3 is 5.97 Å². The average Bonchev–Trinajstić information content (AvgIpc) is 3.15. The molecule has 0 atom stereocenters. The Morgan fingerprint density at radius 2 is 2.11 bits per heavy atom. The second-order valence-electron chi connectivity index (χ2n) is 5.65. The lowest BCUT2D eigenvalue weighted by molar-refractivity contribution is 0.0599. The number of methoxy groups -OCH3 is 1. The highest BCUT2D eigenvalue weighted by atomic mass is 35.5. The Morgan fingerprint density at radius 3 is 2.79 bits per heavy atom. The number of ether oxygens (including phenoxy) is 2. The van der Waals surface area contributed by atoms with E-state index in [1.807, 2.05) is 0 Å². The van der Waals surface area contributed by atoms with Gasteiger partial charge in [0.1, 0.15) is 29.0 Å². The van der Waals surface area contributed by atoms with Crippen LogP contribution in [0.2, 0.25) is 5.02 Å². The maximum absolute atomic E-state index is 12.3. The minimum absolute atomic E-state index is 0.121. The van der Waals surface area contributed by atoms with Crippen LogP contribution in [0.5, 0.6) is 5.75 Å². The van der Waals surface area contributed by atoms with Crippen molar-refractivity contribution in [3.8, 4) is 11.8 Å². The van der Waals surface area contributed by atoms with Crippen LogP contribution in [0.3, 0.4) is 0 Å². The molecule has 0 unspecified atom stereocenters. The minimum atomic E-state index is -0.624. The van der Waals surface area contributed by atoms with E-state index < -0.39 is 11.5 Å². The van der Waals surface area contributed by atoms with Gasteiger partial charge in [0.05, 0.1) is 24.9 Å². The second-order valence-corrected chi connectivity index (χ2v) is 7.03. The average molecular weight is 416 g/mol. The van der Waals surface area contributed by atoms with E-state index in [0.717, 1.165) is 5.01 Å². The van der Waals surface area contributed by atoms with E-state index in [0.29, 0.717) is 16.5 Å². The summed E-state index contributed by atoms with van der Waals surface area (Å²) in [6.45, 7) is 0.392. The number of nitriles is 1. The van der Waals surface area contributed by atoms with Crippen molar-refractivity contribution in [2.75, 3.05) is 7.11 Å². The van der Waals surface area contributed by atoms with Crippen molar-refractivity contribution in [2.45, 2.75) is 13.2 Å². The maximum atomic E-state index is 12.3. The summed E-state index contributed by atoms with van der Waals surface area (Å²) in [6.07, 6.45) is 1.36. The summed E-state index contributed by atoms with van der Waals surface area (Å²) in [6, 6.07) is 10.0. The van der Waals surface area contributed by atoms with Crippen molar-refractivity contribution in [1.29, 1.82) is 5.26 Å². The summed E-state index contributed by atoms with van der Waals surface area (Å²) < 4.78 is 11.6. The fraction of sp³-hybridized carbons (Fsp3) is 0.158. The van der Waals surface area contributed by atoms with Gasteiger partial charge in [-0.25, -0.2) is 9.78 Å². The molecule has 2 heterocycles. The Hall–Kier alpha value is -3.15. The molecule has 28 heavy (non-hydrogen) atoms. The second kappa shape index (κ2) is 8.69. The highest BCUT2D eigenvalue weighted by Gasteiger charge is 2.14. The number of hydrogen-bond acceptors (Lipinski definition) is 7. The normalized spacial score (nSPS) is 10.3. The number of carbonyl (C=O) groups is 1. The molecule has 0 radical (unpaired) electrons. The first kappa shape index (κ1) is 19.6. The molecule has 7 nitrogen and oxygen atoms in total. The van der Waals surface area contributed by atoms with Crippen molar-refractivity contribution < 1.29 is 14.3 Å². The lowest BCUT2D eigenvalue weighted by atomic mass is 10.2. The zero-order valence-electron chi connectivity index (χ0n) is 14.7. The van der Waals surface area contributed by atoms with E-state index in [-0.39, 0.29) is 24.3 Å². The Bertz CT molecular complexity index is 1100. The first-order valence-electron chi connectivity index (χ1n) is 8.04. The molecule has 9 heteroatoms. The molecular formula is C19H14ClN3O4S. The molecule has 0 amide bonds. The number of thiazole rings is 1. The predicted molar refractivity (Wildman–Crippen MR) is 104 cm³/mol. The molecular weight excluding hydrogens is 402 g/mol. The third-order valence-electron chi connectivity index (χ3n) is 3.74. The lowest BCUT2D eigenvalue weighted by Gasteiger charge is -2.07. The number of hydrogen-bond donors (Lipinski definition) is 0. The van der Waals surface area contributed by atoms with E-state index in [1.165, 1.54) is 35.3 Å². The summed E-state index contributed by atoms with van der Waals surface area (Å²) in [4.78, 5) is 28.5. The van der Waals surface area contributed by atoms with Crippen molar-refractivity contribution in [1.82, 2.24) is 9.55 Å². The van der Waals surface area contributed by atoms with Crippen LogP contribution in [0.15, 0.2) is 46.7 Å². The molecule has 3 rings (SSSR count). The number of rotatable bonds is 6. The Morgan fingerprint density at radius 1 is 1.36 bits per heavy atom. The molecule has 0 aliphatic rings. The molecule has 3 aromatic rings. The van der Waals surface area contributed by atoms with E-state index in [4.69, 9.17) is 21.6 Å². The summed E-state index contributed by atoms with van der Waals surface area (Å²) in [7, 11) is 1.23. The summed E-state index contributed by atoms with van der Waals surface area (Å²) in [5.74, 6) is 0.0439. The van der Waals surface area contributed by atoms with Crippen LogP contribution in [-0.2, 0) is 17.9 Å². The zero-order chi connectivity index (χ0) is 20.1. The Kier molecular flexibility index (Phi) is 6.09. The number of carbonyl (C=O) groups excluding carboxylic acids is 1. The molecule has 0 spiro atoms. The van der Waals surface area contributed by atoms with Gasteiger partial charge in [-0.1, -0.05) is 11.6 Å². The third kappa shape index (κ3) is 4.57. The van der Waals surface area contributed by atoms with E-state index >= 15 is 0 Å². The number of esters is 1. The highest BCUT2D eigenvalue weighted by Crippen LogP contribution is 2.18. The molecule has 0 aliphatic heterocycles. The van der Waals surface area contributed by atoms with Gasteiger partial charge < -0.3 is 14.0 Å². The van der Waals surface area contributed by atoms with Crippen LogP contribution in [0.4, 0.5) is 0 Å². The Balaban J connectivity index is 1.76. The monoisotopic (exact) mass is 415 g/mol. The van der Waals surface area contributed by atoms with Gasteiger partial charge in [0.15, 0.2) is 0 Å². The van der Waals surface area contributed by atoms with Crippen molar-refractivity contribution in [3.63, 3.8) is 0 Å². The standard InChI is InChI=1S/C19H14ClN3O4S/c1-26-19(25)13-6-12(7-21)18(24)23(8-13)9-15-11-28-17(22-15)10-27-16-4-2-14(20)3-5-16/h2-6,8,11H,9-10H2,1H3. The molecule has 142 valence electrons. The molecule has 0 N–H and O–H groups in total. The number of benzene rings is 1. The third-order valence-corrected chi connectivity index (χ3v) is 4.86. The van der Waals surface area contributed by atoms with Gasteiger partial charge in [-0.05, 0) is 30.3 Å². The van der Waals surface area contributed by atoms with Gasteiger partial charge in [-0.15, -0.1) is 11.3 Å². The number of halogens is 1. The van der Waals surface area contributed by atoms with Crippen LogP contribution >= 0.6 is 22.9 Å². The van der Waals surface area contributed by atoms with Gasteiger partial charge in [-0.2, -0.15) is 5.26 Å². The molecule has 0 bridgehead atoms. The van der Waals surface area contributed by atoms with E-state index in [2.05, 4.69) is 9.72 Å². The quantitative estimate of drug-likeness (QED) is 0.573. The zero-order valence-corrected chi connectivity index (χ0v) is 16.3. The lowest BCUT2D eigenvalue weighted by Crippen LogP contribution is -2.24. The van der Waals surface area contributed by atoms with Gasteiger partial charge in [-0.3, -0.25) is 4.79 Å². The van der Waals surface area contributed by atoms with Gasteiger partial charge in [0.25, 0.3) is 5.56 Å². The fourth-order valence-electron chi connectivity index (χ4n) is 2.40. The number of aromatic nitrogens is 2. The van der Waals surface area contributed by atoms with Crippen LogP contribution in [0, 0.1) is 11.3 Å². The van der Waals surface area contributed by atoms with Crippen molar-refractivity contribution >= 4 is 28.9 Å². The first-order chi connectivity index (χ1) is 13.5. The first-order valence-corrected chi connectivity index (χ1v) is 9.30. The molecule has 0 saturated carbocycles. The van der Waals surface area contributed by atoms with Gasteiger partial charge in [0, 0.05) is 16.6 Å². The fourth-order valence-corrected chi connectivity index (χ4v) is 3.22. The largest absolute Gasteiger partial charge is 0.486 e. The van der Waals surface area contributed by atoms with Crippen LogP contribution < -0.4 is 10.3 Å². The maximum Gasteiger partial charge on any atom is 0.339 e. The van der Waals surface area contributed by atoms with Crippen molar-refractivity contribution in [2.24, 2.45) is 0 Å². The molecule has 0 fully saturated rings.